The summed E-state index contributed by atoms with van der Waals surface area (Å²) in [5, 5.41) is 0.627. The average molecular weight is 401 g/mol. The number of carbonyl (C=O) groups is 1. The van der Waals surface area contributed by atoms with E-state index in [0.717, 1.165) is 24.1 Å². The van der Waals surface area contributed by atoms with Crippen LogP contribution in [0.5, 0.6) is 0 Å². The van der Waals surface area contributed by atoms with E-state index in [2.05, 4.69) is 13.8 Å². The molecule has 0 saturated heterocycles. The van der Waals surface area contributed by atoms with Gasteiger partial charge in [0.1, 0.15) is 0 Å². The number of hydrogen-bond acceptors (Lipinski definition) is 4. The largest absolute Gasteiger partial charge is 0.294 e. The van der Waals surface area contributed by atoms with E-state index in [1.807, 2.05) is 25.1 Å². The Morgan fingerprint density at radius 3 is 2.63 bits per heavy atom. The third-order valence-corrected chi connectivity index (χ3v) is 6.35. The predicted molar refractivity (Wildman–Crippen MR) is 109 cm³/mol. The van der Waals surface area contributed by atoms with Crippen LogP contribution in [-0.2, 0) is 4.79 Å². The normalized spacial score (nSPS) is 21.7. The molecule has 2 heterocycles. The molecule has 0 saturated carbocycles. The van der Waals surface area contributed by atoms with Crippen LogP contribution in [0.15, 0.2) is 45.3 Å². The molecule has 1 atom stereocenters. The predicted octanol–water partition coefficient (Wildman–Crippen LogP) is 3.62. The van der Waals surface area contributed by atoms with Crippen LogP contribution in [-0.4, -0.2) is 10.4 Å². The van der Waals surface area contributed by atoms with Crippen LogP contribution in [0.3, 0.4) is 0 Å². The summed E-state index contributed by atoms with van der Waals surface area (Å²) in [4.78, 5) is 31.6. The summed E-state index contributed by atoms with van der Waals surface area (Å²) in [6, 6.07) is 6.96. The lowest BCUT2D eigenvalue weighted by molar-refractivity contribution is -0.118. The minimum atomic E-state index is -0.434. The molecule has 27 heavy (non-hydrogen) atoms. The fourth-order valence-corrected chi connectivity index (χ4v) is 5.13. The fourth-order valence-electron chi connectivity index (χ4n) is 3.93. The molecule has 2 aliphatic rings. The van der Waals surface area contributed by atoms with E-state index < -0.39 is 6.04 Å². The van der Waals surface area contributed by atoms with E-state index >= 15 is 0 Å². The van der Waals surface area contributed by atoms with Crippen LogP contribution in [0.4, 0.5) is 0 Å². The first-order valence-corrected chi connectivity index (χ1v) is 10.3. The monoisotopic (exact) mass is 400 g/mol. The lowest BCUT2D eigenvalue weighted by Crippen LogP contribution is -2.42. The van der Waals surface area contributed by atoms with Gasteiger partial charge in [-0.05, 0) is 36.0 Å². The number of ketones is 1. The van der Waals surface area contributed by atoms with Gasteiger partial charge in [-0.3, -0.25) is 14.2 Å². The molecule has 6 heteroatoms. The molecule has 0 amide bonds. The SMILES string of the molecule is CCC=c1sc2n(c1=O)C(c1ccc(Cl)cc1)C1=C(CC(C)(C)CC1=O)N=2. The first kappa shape index (κ1) is 18.4. The highest BCUT2D eigenvalue weighted by molar-refractivity contribution is 7.07. The first-order chi connectivity index (χ1) is 12.8. The molecule has 1 aromatic heterocycles. The topological polar surface area (TPSA) is 51.4 Å². The Labute approximate surface area is 166 Å². The molecule has 0 bridgehead atoms. The summed E-state index contributed by atoms with van der Waals surface area (Å²) in [7, 11) is 0. The lowest BCUT2D eigenvalue weighted by atomic mass is 9.73. The third kappa shape index (κ3) is 3.13. The van der Waals surface area contributed by atoms with Crippen LogP contribution >= 0.6 is 22.9 Å². The summed E-state index contributed by atoms with van der Waals surface area (Å²) in [5.74, 6) is 0.0784. The summed E-state index contributed by atoms with van der Waals surface area (Å²) < 4.78 is 2.37. The Morgan fingerprint density at radius 1 is 1.26 bits per heavy atom. The smallest absolute Gasteiger partial charge is 0.270 e. The van der Waals surface area contributed by atoms with Gasteiger partial charge < -0.3 is 0 Å². The van der Waals surface area contributed by atoms with Crippen LogP contribution < -0.4 is 14.9 Å². The number of Topliss-reactive ketones (excluding diaryl/α,β-unsaturated/α-hetero) is 1. The fraction of sp³-hybridized carbons (Fsp3) is 0.381. The number of carbonyl (C=O) groups excluding carboxylic acids is 1. The van der Waals surface area contributed by atoms with Gasteiger partial charge in [-0.2, -0.15) is 0 Å². The third-order valence-electron chi connectivity index (χ3n) is 5.07. The van der Waals surface area contributed by atoms with Crippen molar-refractivity contribution in [2.75, 3.05) is 0 Å². The molecule has 0 radical (unpaired) electrons. The minimum Gasteiger partial charge on any atom is -0.294 e. The number of hydrogen-bond donors (Lipinski definition) is 0. The summed E-state index contributed by atoms with van der Waals surface area (Å²) >= 11 is 7.46. The zero-order valence-electron chi connectivity index (χ0n) is 15.6. The van der Waals surface area contributed by atoms with Crippen molar-refractivity contribution in [3.63, 3.8) is 0 Å². The van der Waals surface area contributed by atoms with Crippen molar-refractivity contribution in [2.24, 2.45) is 10.4 Å². The standard InChI is InChI=1S/C21H21ClN2O2S/c1-4-5-16-19(26)24-18(12-6-8-13(22)9-7-12)17-14(23-20(24)27-16)10-21(2,3)11-15(17)25/h5-9,18H,4,10-11H2,1-3H3. The Kier molecular flexibility index (Phi) is 4.47. The van der Waals surface area contributed by atoms with Gasteiger partial charge in [-0.25, -0.2) is 4.99 Å². The van der Waals surface area contributed by atoms with Crippen molar-refractivity contribution in [3.05, 3.63) is 65.8 Å². The van der Waals surface area contributed by atoms with Gasteiger partial charge in [0.15, 0.2) is 10.6 Å². The van der Waals surface area contributed by atoms with Gasteiger partial charge in [0, 0.05) is 17.0 Å². The molecule has 0 fully saturated rings. The Balaban J connectivity index is 2.03. The number of fused-ring (bicyclic) bond motifs is 1. The van der Waals surface area contributed by atoms with E-state index in [4.69, 9.17) is 16.6 Å². The maximum Gasteiger partial charge on any atom is 0.270 e. The van der Waals surface area contributed by atoms with Crippen molar-refractivity contribution in [3.8, 4) is 0 Å². The highest BCUT2D eigenvalue weighted by atomic mass is 35.5. The molecule has 140 valence electrons. The van der Waals surface area contributed by atoms with Gasteiger partial charge in [-0.15, -0.1) is 0 Å². The average Bonchev–Trinajstić information content (AvgIpc) is 2.89. The van der Waals surface area contributed by atoms with Crippen molar-refractivity contribution in [2.45, 2.75) is 46.1 Å². The molecule has 4 rings (SSSR count). The molecular formula is C21H21ClN2O2S. The van der Waals surface area contributed by atoms with E-state index in [-0.39, 0.29) is 16.8 Å². The molecule has 1 aromatic carbocycles. The second-order valence-electron chi connectivity index (χ2n) is 7.90. The number of allylic oxidation sites excluding steroid dienone is 2. The van der Waals surface area contributed by atoms with Crippen molar-refractivity contribution in [1.29, 1.82) is 0 Å². The van der Waals surface area contributed by atoms with Gasteiger partial charge >= 0.3 is 0 Å². The number of benzene rings is 1. The maximum atomic E-state index is 13.1. The van der Waals surface area contributed by atoms with E-state index in [1.165, 1.54) is 11.3 Å². The molecule has 0 spiro atoms. The summed E-state index contributed by atoms with van der Waals surface area (Å²) in [6.45, 7) is 6.19. The Hall–Kier alpha value is -1.98. The van der Waals surface area contributed by atoms with Crippen molar-refractivity contribution in [1.82, 2.24) is 4.57 Å². The van der Waals surface area contributed by atoms with E-state index in [1.54, 1.807) is 16.7 Å². The molecule has 4 nitrogen and oxygen atoms in total. The van der Waals surface area contributed by atoms with Gasteiger partial charge in [0.05, 0.1) is 16.3 Å². The van der Waals surface area contributed by atoms with E-state index in [9.17, 15) is 9.59 Å². The molecule has 1 aliphatic carbocycles. The molecule has 1 aliphatic heterocycles. The van der Waals surface area contributed by atoms with Gasteiger partial charge in [0.2, 0.25) is 0 Å². The number of aromatic nitrogens is 1. The second-order valence-corrected chi connectivity index (χ2v) is 9.35. The summed E-state index contributed by atoms with van der Waals surface area (Å²) in [5.41, 5.74) is 2.17. The molecule has 1 unspecified atom stereocenters. The van der Waals surface area contributed by atoms with Crippen LogP contribution in [0.2, 0.25) is 5.02 Å². The molecule has 2 aromatic rings. The Bertz CT molecular complexity index is 1140. The quantitative estimate of drug-likeness (QED) is 0.773. The number of thiazole rings is 1. The van der Waals surface area contributed by atoms with Crippen LogP contribution in [0.1, 0.15) is 51.6 Å². The van der Waals surface area contributed by atoms with Crippen LogP contribution in [0.25, 0.3) is 6.08 Å². The first-order valence-electron chi connectivity index (χ1n) is 9.13. The maximum absolute atomic E-state index is 13.1. The van der Waals surface area contributed by atoms with Crippen molar-refractivity contribution >= 4 is 34.8 Å². The number of nitrogens with zero attached hydrogens (tertiary/aromatic N) is 2. The Morgan fingerprint density at radius 2 is 1.96 bits per heavy atom. The number of rotatable bonds is 2. The second kappa shape index (κ2) is 6.57. The van der Waals surface area contributed by atoms with E-state index in [0.29, 0.717) is 26.4 Å². The minimum absolute atomic E-state index is 0.0784. The van der Waals surface area contributed by atoms with Crippen LogP contribution in [0, 0.1) is 5.41 Å². The summed E-state index contributed by atoms with van der Waals surface area (Å²) in [6.07, 6.45) is 3.90. The zero-order chi connectivity index (χ0) is 19.3. The lowest BCUT2D eigenvalue weighted by Gasteiger charge is -2.35. The zero-order valence-corrected chi connectivity index (χ0v) is 17.2. The van der Waals surface area contributed by atoms with Crippen molar-refractivity contribution < 1.29 is 4.79 Å². The molecule has 0 N–H and O–H groups in total. The molecular weight excluding hydrogens is 380 g/mol. The number of halogens is 1. The van der Waals surface area contributed by atoms with Gasteiger partial charge in [-0.1, -0.05) is 61.9 Å². The highest BCUT2D eigenvalue weighted by Crippen LogP contribution is 2.43. The highest BCUT2D eigenvalue weighted by Gasteiger charge is 2.40. The van der Waals surface area contributed by atoms with Gasteiger partial charge in [0.25, 0.3) is 5.56 Å².